The zero-order valence-electron chi connectivity index (χ0n) is 16.0. The molecule has 0 aliphatic carbocycles. The molecule has 0 unspecified atom stereocenters. The lowest BCUT2D eigenvalue weighted by Crippen LogP contribution is -2.32. The molecule has 152 valence electrons. The summed E-state index contributed by atoms with van der Waals surface area (Å²) in [5.74, 6) is -0.822. The van der Waals surface area contributed by atoms with Gasteiger partial charge >= 0.3 is 0 Å². The van der Waals surface area contributed by atoms with Gasteiger partial charge in [-0.05, 0) is 41.8 Å². The van der Waals surface area contributed by atoms with Crippen molar-refractivity contribution in [1.82, 2.24) is 10.7 Å². The summed E-state index contributed by atoms with van der Waals surface area (Å²) in [5, 5.41) is 18.5. The van der Waals surface area contributed by atoms with Gasteiger partial charge in [-0.3, -0.25) is 9.59 Å². The Labute approximate surface area is 177 Å². The number of nitrogens with zero attached hydrogens (tertiary/aromatic N) is 1. The first-order valence-corrected chi connectivity index (χ1v) is 9.77. The van der Waals surface area contributed by atoms with E-state index in [0.29, 0.717) is 16.9 Å². The van der Waals surface area contributed by atoms with Gasteiger partial charge in [-0.1, -0.05) is 30.3 Å². The largest absolute Gasteiger partial charge is 0.504 e. The molecule has 0 spiro atoms. The molecular weight excluding hydrogens is 402 g/mol. The van der Waals surface area contributed by atoms with Gasteiger partial charge in [0.05, 0.1) is 13.3 Å². The zero-order valence-corrected chi connectivity index (χ0v) is 16.8. The number of hydrogen-bond acceptors (Lipinski definition) is 6. The van der Waals surface area contributed by atoms with E-state index in [-0.39, 0.29) is 11.4 Å². The minimum absolute atomic E-state index is 0.0401. The number of phenols is 1. The first-order valence-electron chi connectivity index (χ1n) is 8.89. The average Bonchev–Trinajstić information content (AvgIpc) is 3.28. The fourth-order valence-corrected chi connectivity index (χ4v) is 3.14. The quantitative estimate of drug-likeness (QED) is 0.309. The first-order chi connectivity index (χ1) is 14.6. The lowest BCUT2D eigenvalue weighted by molar-refractivity contribution is -0.117. The van der Waals surface area contributed by atoms with Crippen LogP contribution in [0.15, 0.2) is 76.8 Å². The number of phenolic OH excluding ortho intramolecular Hbond substituents is 1. The van der Waals surface area contributed by atoms with Crippen LogP contribution in [0.3, 0.4) is 0 Å². The SMILES string of the molecule is COc1cccc(/C=N/NC(=O)C(=Cc2cccs2)NC(=O)c2ccccc2)c1O. The van der Waals surface area contributed by atoms with Crippen LogP contribution in [-0.4, -0.2) is 30.2 Å². The van der Waals surface area contributed by atoms with Gasteiger partial charge in [0.25, 0.3) is 11.8 Å². The smallest absolute Gasteiger partial charge is 0.287 e. The molecule has 3 N–H and O–H groups in total. The van der Waals surface area contributed by atoms with Gasteiger partial charge in [0.15, 0.2) is 11.5 Å². The van der Waals surface area contributed by atoms with E-state index in [4.69, 9.17) is 4.74 Å². The number of amides is 2. The molecule has 8 heteroatoms. The highest BCUT2D eigenvalue weighted by Gasteiger charge is 2.14. The molecule has 2 amide bonds. The number of carbonyl (C=O) groups is 2. The second-order valence-corrected chi connectivity index (χ2v) is 6.97. The third-order valence-electron chi connectivity index (χ3n) is 3.98. The molecule has 0 aliphatic heterocycles. The highest BCUT2D eigenvalue weighted by Crippen LogP contribution is 2.27. The maximum atomic E-state index is 12.6. The molecule has 1 aromatic heterocycles. The van der Waals surface area contributed by atoms with E-state index in [1.54, 1.807) is 54.6 Å². The molecule has 0 saturated heterocycles. The summed E-state index contributed by atoms with van der Waals surface area (Å²) in [4.78, 5) is 25.9. The molecule has 0 radical (unpaired) electrons. The van der Waals surface area contributed by atoms with Crippen LogP contribution < -0.4 is 15.5 Å². The van der Waals surface area contributed by atoms with Crippen molar-refractivity contribution in [3.63, 3.8) is 0 Å². The Hall–Kier alpha value is -3.91. The lowest BCUT2D eigenvalue weighted by atomic mass is 10.2. The van der Waals surface area contributed by atoms with Crippen LogP contribution in [0.5, 0.6) is 11.5 Å². The van der Waals surface area contributed by atoms with E-state index in [1.165, 1.54) is 24.7 Å². The van der Waals surface area contributed by atoms with Gasteiger partial charge in [-0.15, -0.1) is 11.3 Å². The number of rotatable bonds is 7. The van der Waals surface area contributed by atoms with Gasteiger partial charge in [0.1, 0.15) is 5.70 Å². The van der Waals surface area contributed by atoms with Gasteiger partial charge in [-0.2, -0.15) is 5.10 Å². The Balaban J connectivity index is 1.76. The zero-order chi connectivity index (χ0) is 21.3. The molecule has 0 atom stereocenters. The van der Waals surface area contributed by atoms with Crippen LogP contribution in [0.25, 0.3) is 6.08 Å². The Morgan fingerprint density at radius 1 is 1.07 bits per heavy atom. The third-order valence-corrected chi connectivity index (χ3v) is 4.80. The topological polar surface area (TPSA) is 100 Å². The van der Waals surface area contributed by atoms with Crippen molar-refractivity contribution in [2.24, 2.45) is 5.10 Å². The molecule has 2 aromatic carbocycles. The molecule has 30 heavy (non-hydrogen) atoms. The highest BCUT2D eigenvalue weighted by molar-refractivity contribution is 7.10. The average molecular weight is 421 g/mol. The molecule has 0 fully saturated rings. The Kier molecular flexibility index (Phi) is 6.96. The third kappa shape index (κ3) is 5.33. The second-order valence-electron chi connectivity index (χ2n) is 5.99. The molecule has 0 aliphatic rings. The van der Waals surface area contributed by atoms with Gasteiger partial charge in [0, 0.05) is 16.0 Å². The first kappa shape index (κ1) is 20.8. The Morgan fingerprint density at radius 2 is 1.87 bits per heavy atom. The van der Waals surface area contributed by atoms with Crippen LogP contribution in [0.1, 0.15) is 20.8 Å². The van der Waals surface area contributed by atoms with Gasteiger partial charge < -0.3 is 15.2 Å². The number of thiophene rings is 1. The second kappa shape index (κ2) is 10.0. The molecule has 3 aromatic rings. The summed E-state index contributed by atoms with van der Waals surface area (Å²) in [6.07, 6.45) is 2.86. The lowest BCUT2D eigenvalue weighted by Gasteiger charge is -2.09. The molecule has 0 bridgehead atoms. The van der Waals surface area contributed by atoms with Gasteiger partial charge in [0.2, 0.25) is 0 Å². The van der Waals surface area contributed by atoms with E-state index in [2.05, 4.69) is 15.8 Å². The standard InChI is InChI=1S/C22H19N3O4S/c1-29-19-11-5-9-16(20(19)26)14-23-25-22(28)18(13-17-10-6-12-30-17)24-21(27)15-7-3-2-4-8-15/h2-14,26H,1H3,(H,24,27)(H,25,28)/b18-13?,23-14+. The monoisotopic (exact) mass is 421 g/mol. The van der Waals surface area contributed by atoms with Crippen molar-refractivity contribution >= 4 is 35.4 Å². The fourth-order valence-electron chi connectivity index (χ4n) is 2.49. The van der Waals surface area contributed by atoms with Crippen molar-refractivity contribution in [3.8, 4) is 11.5 Å². The van der Waals surface area contributed by atoms with Crippen molar-refractivity contribution in [3.05, 3.63) is 87.7 Å². The number of hydrogen-bond donors (Lipinski definition) is 3. The minimum Gasteiger partial charge on any atom is -0.504 e. The van der Waals surface area contributed by atoms with Crippen molar-refractivity contribution in [1.29, 1.82) is 0 Å². The maximum absolute atomic E-state index is 12.6. The van der Waals surface area contributed by atoms with Crippen LogP contribution in [-0.2, 0) is 4.79 Å². The number of carbonyl (C=O) groups excluding carboxylic acids is 2. The molecule has 3 rings (SSSR count). The number of ether oxygens (including phenoxy) is 1. The number of para-hydroxylation sites is 1. The van der Waals surface area contributed by atoms with E-state index >= 15 is 0 Å². The summed E-state index contributed by atoms with van der Waals surface area (Å²) in [5.41, 5.74) is 3.20. The number of benzene rings is 2. The van der Waals surface area contributed by atoms with Crippen LogP contribution in [0, 0.1) is 0 Å². The van der Waals surface area contributed by atoms with Crippen molar-refractivity contribution < 1.29 is 19.4 Å². The summed E-state index contributed by atoms with van der Waals surface area (Å²) < 4.78 is 5.04. The Morgan fingerprint density at radius 3 is 2.57 bits per heavy atom. The molecule has 7 nitrogen and oxygen atoms in total. The van der Waals surface area contributed by atoms with E-state index in [0.717, 1.165) is 4.88 Å². The maximum Gasteiger partial charge on any atom is 0.287 e. The molecule has 1 heterocycles. The normalized spacial score (nSPS) is 11.3. The van der Waals surface area contributed by atoms with Crippen molar-refractivity contribution in [2.45, 2.75) is 0 Å². The van der Waals surface area contributed by atoms with Crippen LogP contribution in [0.2, 0.25) is 0 Å². The molecular formula is C22H19N3O4S. The number of methoxy groups -OCH3 is 1. The predicted molar refractivity (Wildman–Crippen MR) is 117 cm³/mol. The number of nitrogens with one attached hydrogen (secondary N) is 2. The summed E-state index contributed by atoms with van der Waals surface area (Å²) >= 11 is 1.43. The minimum atomic E-state index is -0.605. The molecule has 0 saturated carbocycles. The highest BCUT2D eigenvalue weighted by atomic mass is 32.1. The summed E-state index contributed by atoms with van der Waals surface area (Å²) in [6, 6.07) is 17.2. The summed E-state index contributed by atoms with van der Waals surface area (Å²) in [6.45, 7) is 0. The predicted octanol–water partition coefficient (Wildman–Crippen LogP) is 3.38. The number of aromatic hydroxyl groups is 1. The number of hydrazone groups is 1. The van der Waals surface area contributed by atoms with Crippen LogP contribution >= 0.6 is 11.3 Å². The van der Waals surface area contributed by atoms with Gasteiger partial charge in [-0.25, -0.2) is 5.43 Å². The van der Waals surface area contributed by atoms with E-state index < -0.39 is 11.8 Å². The Bertz CT molecular complexity index is 1080. The van der Waals surface area contributed by atoms with E-state index in [9.17, 15) is 14.7 Å². The van der Waals surface area contributed by atoms with E-state index in [1.807, 2.05) is 17.5 Å². The fraction of sp³-hybridized carbons (Fsp3) is 0.0455. The van der Waals surface area contributed by atoms with Crippen molar-refractivity contribution in [2.75, 3.05) is 7.11 Å². The van der Waals surface area contributed by atoms with Crippen LogP contribution in [0.4, 0.5) is 0 Å². The summed E-state index contributed by atoms with van der Waals surface area (Å²) in [7, 11) is 1.44.